The quantitative estimate of drug-likeness (QED) is 0.788. The molecule has 1 aliphatic rings. The maximum atomic E-state index is 12.9. The summed E-state index contributed by atoms with van der Waals surface area (Å²) in [6.45, 7) is 4.39. The number of amides is 1. The van der Waals surface area contributed by atoms with Crippen LogP contribution >= 0.6 is 0 Å². The minimum atomic E-state index is -0.456. The molecule has 0 aliphatic heterocycles. The molecule has 0 spiro atoms. The van der Waals surface area contributed by atoms with E-state index < -0.39 is 11.5 Å². The number of Topliss-reactive ketones (excluding diaryl/α,β-unsaturated/α-hetero) is 1. The number of nitrogens with one attached hydrogen (secondary N) is 1. The summed E-state index contributed by atoms with van der Waals surface area (Å²) in [6.07, 6.45) is 1.58. The van der Waals surface area contributed by atoms with Gasteiger partial charge in [0.25, 0.3) is 11.5 Å². The molecular weight excluding hydrogens is 384 g/mol. The summed E-state index contributed by atoms with van der Waals surface area (Å²) in [4.78, 5) is 42.2. The van der Waals surface area contributed by atoms with E-state index >= 15 is 0 Å². The lowest BCUT2D eigenvalue weighted by molar-refractivity contribution is 0.0794. The zero-order valence-electron chi connectivity index (χ0n) is 18.1. The number of hydrogen-bond acceptors (Lipinski definition) is 5. The van der Waals surface area contributed by atoms with Gasteiger partial charge in [-0.15, -0.1) is 0 Å². The van der Waals surface area contributed by atoms with Crippen LogP contribution in [-0.2, 0) is 12.8 Å². The molecule has 1 aliphatic carbocycles. The lowest BCUT2D eigenvalue weighted by atomic mass is 9.75. The Labute approximate surface area is 176 Å². The van der Waals surface area contributed by atoms with Crippen LogP contribution in [0.25, 0.3) is 0 Å². The van der Waals surface area contributed by atoms with E-state index in [1.54, 1.807) is 21.3 Å². The average molecular weight is 412 g/mol. The number of aromatic amines is 1. The van der Waals surface area contributed by atoms with Crippen molar-refractivity contribution in [1.82, 2.24) is 9.88 Å². The standard InChI is InChI=1S/C23H28N2O5/c1-23(2)12-17-15(18(26)13-23)11-16(21(27)24-17)22(28)25(3)9-8-14-6-7-19(29-4)20(10-14)30-5/h6-7,10-11H,8-9,12-13H2,1-5H3,(H,24,27). The molecule has 0 saturated carbocycles. The fourth-order valence-corrected chi connectivity index (χ4v) is 3.83. The van der Waals surface area contributed by atoms with Crippen molar-refractivity contribution in [2.45, 2.75) is 33.1 Å². The Kier molecular flexibility index (Phi) is 6.01. The molecule has 7 heteroatoms. The number of ketones is 1. The van der Waals surface area contributed by atoms with Crippen molar-refractivity contribution >= 4 is 11.7 Å². The molecule has 1 N–H and O–H groups in total. The van der Waals surface area contributed by atoms with E-state index in [4.69, 9.17) is 9.47 Å². The number of ether oxygens (including phenoxy) is 2. The first-order valence-electron chi connectivity index (χ1n) is 9.91. The summed E-state index contributed by atoms with van der Waals surface area (Å²) in [5, 5.41) is 0. The number of nitrogens with zero attached hydrogens (tertiary/aromatic N) is 1. The Hall–Kier alpha value is -3.09. The smallest absolute Gasteiger partial charge is 0.261 e. The zero-order chi connectivity index (χ0) is 22.1. The maximum Gasteiger partial charge on any atom is 0.261 e. The van der Waals surface area contributed by atoms with Crippen molar-refractivity contribution in [1.29, 1.82) is 0 Å². The second-order valence-electron chi connectivity index (χ2n) is 8.51. The number of carbonyl (C=O) groups excluding carboxylic acids is 2. The summed E-state index contributed by atoms with van der Waals surface area (Å²) < 4.78 is 10.5. The van der Waals surface area contributed by atoms with Crippen LogP contribution in [-0.4, -0.2) is 49.4 Å². The molecular formula is C23H28N2O5. The number of pyridine rings is 1. The van der Waals surface area contributed by atoms with Crippen LogP contribution in [0, 0.1) is 5.41 Å². The summed E-state index contributed by atoms with van der Waals surface area (Å²) in [6, 6.07) is 7.05. The molecule has 2 aromatic rings. The topological polar surface area (TPSA) is 88.7 Å². The first-order valence-corrected chi connectivity index (χ1v) is 9.91. The SMILES string of the molecule is COc1ccc(CCN(C)C(=O)c2cc3c([nH]c2=O)CC(C)(C)CC3=O)cc1OC. The normalized spacial score (nSPS) is 14.8. The molecule has 0 fully saturated rings. The van der Waals surface area contributed by atoms with E-state index in [1.165, 1.54) is 11.0 Å². The summed E-state index contributed by atoms with van der Waals surface area (Å²) in [5.41, 5.74) is 1.38. The third kappa shape index (κ3) is 4.40. The van der Waals surface area contributed by atoms with Crippen molar-refractivity contribution in [3.63, 3.8) is 0 Å². The van der Waals surface area contributed by atoms with Crippen molar-refractivity contribution < 1.29 is 19.1 Å². The number of rotatable bonds is 6. The van der Waals surface area contributed by atoms with E-state index in [1.807, 2.05) is 32.0 Å². The molecule has 30 heavy (non-hydrogen) atoms. The molecule has 1 heterocycles. The number of H-pyrrole nitrogens is 1. The summed E-state index contributed by atoms with van der Waals surface area (Å²) >= 11 is 0. The van der Waals surface area contributed by atoms with Crippen molar-refractivity contribution in [2.24, 2.45) is 5.41 Å². The monoisotopic (exact) mass is 412 g/mol. The molecule has 160 valence electrons. The zero-order valence-corrected chi connectivity index (χ0v) is 18.1. The highest BCUT2D eigenvalue weighted by molar-refractivity contribution is 6.02. The van der Waals surface area contributed by atoms with E-state index in [0.717, 1.165) is 5.56 Å². The van der Waals surface area contributed by atoms with Crippen LogP contribution in [0.15, 0.2) is 29.1 Å². The highest BCUT2D eigenvalue weighted by Gasteiger charge is 2.33. The maximum absolute atomic E-state index is 12.9. The molecule has 1 aromatic heterocycles. The number of methoxy groups -OCH3 is 2. The minimum absolute atomic E-state index is 0.00313. The molecule has 1 aromatic carbocycles. The van der Waals surface area contributed by atoms with Crippen LogP contribution in [0.4, 0.5) is 0 Å². The van der Waals surface area contributed by atoms with Gasteiger partial charge in [-0.2, -0.15) is 0 Å². The predicted octanol–water partition coefficient (Wildman–Crippen LogP) is 2.86. The van der Waals surface area contributed by atoms with Gasteiger partial charge in [-0.1, -0.05) is 19.9 Å². The number of hydrogen-bond donors (Lipinski definition) is 1. The predicted molar refractivity (Wildman–Crippen MR) is 114 cm³/mol. The number of fused-ring (bicyclic) bond motifs is 1. The summed E-state index contributed by atoms with van der Waals surface area (Å²) in [7, 11) is 4.79. The highest BCUT2D eigenvalue weighted by Crippen LogP contribution is 2.33. The summed E-state index contributed by atoms with van der Waals surface area (Å²) in [5.74, 6) is 0.812. The lowest BCUT2D eigenvalue weighted by Gasteiger charge is -2.30. The van der Waals surface area contributed by atoms with Crippen LogP contribution in [0.3, 0.4) is 0 Å². The lowest BCUT2D eigenvalue weighted by Crippen LogP contribution is -2.36. The van der Waals surface area contributed by atoms with Gasteiger partial charge in [-0.3, -0.25) is 14.4 Å². The van der Waals surface area contributed by atoms with Gasteiger partial charge in [0.05, 0.1) is 14.2 Å². The van der Waals surface area contributed by atoms with Crippen LogP contribution in [0.2, 0.25) is 0 Å². The van der Waals surface area contributed by atoms with Crippen LogP contribution in [0.5, 0.6) is 11.5 Å². The van der Waals surface area contributed by atoms with E-state index in [0.29, 0.717) is 48.6 Å². The first-order chi connectivity index (χ1) is 14.1. The van der Waals surface area contributed by atoms with Crippen LogP contribution in [0.1, 0.15) is 52.2 Å². The molecule has 0 unspecified atom stereocenters. The number of carbonyl (C=O) groups is 2. The Morgan fingerprint density at radius 2 is 1.80 bits per heavy atom. The molecule has 0 atom stereocenters. The van der Waals surface area contributed by atoms with Gasteiger partial charge in [0.1, 0.15) is 5.56 Å². The first kappa shape index (κ1) is 21.6. The molecule has 0 bridgehead atoms. The van der Waals surface area contributed by atoms with Crippen molar-refractivity contribution in [2.75, 3.05) is 27.8 Å². The Balaban J connectivity index is 1.76. The number of likely N-dealkylation sites (N-methyl/N-ethyl adjacent to an activating group) is 1. The third-order valence-electron chi connectivity index (χ3n) is 5.48. The Morgan fingerprint density at radius 1 is 1.10 bits per heavy atom. The van der Waals surface area contributed by atoms with Crippen molar-refractivity contribution in [3.05, 3.63) is 57.0 Å². The molecule has 3 rings (SSSR count). The Morgan fingerprint density at radius 3 is 2.47 bits per heavy atom. The van der Waals surface area contributed by atoms with E-state index in [9.17, 15) is 14.4 Å². The number of benzene rings is 1. The fraction of sp³-hybridized carbons (Fsp3) is 0.435. The minimum Gasteiger partial charge on any atom is -0.493 e. The molecule has 0 saturated heterocycles. The van der Waals surface area contributed by atoms with Gasteiger partial charge in [-0.05, 0) is 42.0 Å². The van der Waals surface area contributed by atoms with Crippen molar-refractivity contribution in [3.8, 4) is 11.5 Å². The largest absolute Gasteiger partial charge is 0.493 e. The van der Waals surface area contributed by atoms with E-state index in [-0.39, 0.29) is 16.8 Å². The van der Waals surface area contributed by atoms with Gasteiger partial charge in [-0.25, -0.2) is 0 Å². The Bertz CT molecular complexity index is 1040. The van der Waals surface area contributed by atoms with Gasteiger partial charge >= 0.3 is 0 Å². The van der Waals surface area contributed by atoms with Crippen LogP contribution < -0.4 is 15.0 Å². The van der Waals surface area contributed by atoms with E-state index in [2.05, 4.69) is 4.98 Å². The fourth-order valence-electron chi connectivity index (χ4n) is 3.83. The molecule has 0 radical (unpaired) electrons. The van der Waals surface area contributed by atoms with Gasteiger partial charge in [0, 0.05) is 31.3 Å². The number of aromatic nitrogens is 1. The van der Waals surface area contributed by atoms with Gasteiger partial charge in [0.2, 0.25) is 0 Å². The van der Waals surface area contributed by atoms with Gasteiger partial charge < -0.3 is 19.4 Å². The molecule has 7 nitrogen and oxygen atoms in total. The third-order valence-corrected chi connectivity index (χ3v) is 5.48. The van der Waals surface area contributed by atoms with Gasteiger partial charge in [0.15, 0.2) is 17.3 Å². The highest BCUT2D eigenvalue weighted by atomic mass is 16.5. The average Bonchev–Trinajstić information content (AvgIpc) is 2.69. The second kappa shape index (κ2) is 8.34. The second-order valence-corrected chi connectivity index (χ2v) is 8.51. The molecule has 1 amide bonds.